The molecule has 4 rings (SSSR count). The summed E-state index contributed by atoms with van der Waals surface area (Å²) < 4.78 is 5.44. The van der Waals surface area contributed by atoms with Gasteiger partial charge in [0.2, 0.25) is 0 Å². The van der Waals surface area contributed by atoms with Crippen molar-refractivity contribution in [3.63, 3.8) is 0 Å². The molecular formula is C28H31N3O2. The number of aryl methyl sites for hydroxylation is 2. The Morgan fingerprint density at radius 3 is 2.58 bits per heavy atom. The number of rotatable bonds is 7. The maximum Gasteiger partial charge on any atom is 0.257 e. The highest BCUT2D eigenvalue weighted by molar-refractivity contribution is 6.04. The Labute approximate surface area is 196 Å². The summed E-state index contributed by atoms with van der Waals surface area (Å²) in [6.45, 7) is 5.19. The van der Waals surface area contributed by atoms with Crippen molar-refractivity contribution in [3.05, 3.63) is 101 Å². The minimum atomic E-state index is -0.159. The topological polar surface area (TPSA) is 45.1 Å². The SMILES string of the molecule is COc1cccc([C@H]2CC(c3ccc(C)cc3C)=NN2C(=O)CN(C)Cc2ccccc2)c1. The van der Waals surface area contributed by atoms with E-state index in [1.165, 1.54) is 16.7 Å². The molecule has 1 aliphatic heterocycles. The molecule has 0 aromatic heterocycles. The Morgan fingerprint density at radius 2 is 1.85 bits per heavy atom. The van der Waals surface area contributed by atoms with Crippen molar-refractivity contribution in [1.29, 1.82) is 0 Å². The summed E-state index contributed by atoms with van der Waals surface area (Å²) in [6, 6.07) is 24.3. The lowest BCUT2D eigenvalue weighted by atomic mass is 9.95. The molecule has 0 N–H and O–H groups in total. The third-order valence-corrected chi connectivity index (χ3v) is 6.04. The van der Waals surface area contributed by atoms with Crippen LogP contribution in [0.5, 0.6) is 5.75 Å². The van der Waals surface area contributed by atoms with Gasteiger partial charge in [-0.25, -0.2) is 5.01 Å². The van der Waals surface area contributed by atoms with Crippen molar-refractivity contribution in [3.8, 4) is 5.75 Å². The Morgan fingerprint density at radius 1 is 1.06 bits per heavy atom. The van der Waals surface area contributed by atoms with Gasteiger partial charge in [0, 0.05) is 18.5 Å². The fourth-order valence-electron chi connectivity index (χ4n) is 4.40. The molecule has 1 atom stereocenters. The lowest BCUT2D eigenvalue weighted by Crippen LogP contribution is -2.36. The van der Waals surface area contributed by atoms with Gasteiger partial charge in [0.15, 0.2) is 0 Å². The second-order valence-corrected chi connectivity index (χ2v) is 8.76. The number of benzene rings is 3. The van der Waals surface area contributed by atoms with E-state index in [0.717, 1.165) is 22.6 Å². The maximum absolute atomic E-state index is 13.4. The van der Waals surface area contributed by atoms with E-state index in [2.05, 4.69) is 44.2 Å². The van der Waals surface area contributed by atoms with E-state index >= 15 is 0 Å². The summed E-state index contributed by atoms with van der Waals surface area (Å²) in [6.07, 6.45) is 0.672. The van der Waals surface area contributed by atoms with Crippen molar-refractivity contribution in [1.82, 2.24) is 9.91 Å². The van der Waals surface area contributed by atoms with Crippen LogP contribution in [0, 0.1) is 13.8 Å². The van der Waals surface area contributed by atoms with Crippen LogP contribution < -0.4 is 4.74 Å². The molecule has 0 aliphatic carbocycles. The van der Waals surface area contributed by atoms with E-state index in [0.29, 0.717) is 19.5 Å². The monoisotopic (exact) mass is 441 g/mol. The lowest BCUT2D eigenvalue weighted by Gasteiger charge is -2.25. The maximum atomic E-state index is 13.4. The molecule has 5 nitrogen and oxygen atoms in total. The van der Waals surface area contributed by atoms with E-state index in [4.69, 9.17) is 9.84 Å². The average Bonchev–Trinajstić information content (AvgIpc) is 3.25. The second kappa shape index (κ2) is 10.0. The molecule has 0 fully saturated rings. The van der Waals surface area contributed by atoms with Crippen molar-refractivity contribution in [2.24, 2.45) is 5.10 Å². The van der Waals surface area contributed by atoms with Crippen LogP contribution in [0.1, 0.15) is 40.3 Å². The molecule has 3 aromatic carbocycles. The van der Waals surface area contributed by atoms with Crippen LogP contribution in [0.3, 0.4) is 0 Å². The van der Waals surface area contributed by atoms with Crippen LogP contribution >= 0.6 is 0 Å². The fourth-order valence-corrected chi connectivity index (χ4v) is 4.40. The Balaban J connectivity index is 1.61. The number of carbonyl (C=O) groups excluding carboxylic acids is 1. The molecule has 33 heavy (non-hydrogen) atoms. The number of methoxy groups -OCH3 is 1. The summed E-state index contributed by atoms with van der Waals surface area (Å²) in [7, 11) is 3.63. The first-order valence-electron chi connectivity index (χ1n) is 11.3. The van der Waals surface area contributed by atoms with Gasteiger partial charge in [-0.05, 0) is 49.7 Å². The molecule has 0 saturated carbocycles. The molecule has 1 aliphatic rings. The molecule has 3 aromatic rings. The van der Waals surface area contributed by atoms with E-state index in [-0.39, 0.29) is 11.9 Å². The highest BCUT2D eigenvalue weighted by Gasteiger charge is 2.34. The number of hydrogen-bond acceptors (Lipinski definition) is 4. The molecule has 0 spiro atoms. The van der Waals surface area contributed by atoms with Gasteiger partial charge in [0.1, 0.15) is 5.75 Å². The van der Waals surface area contributed by atoms with E-state index < -0.39 is 0 Å². The van der Waals surface area contributed by atoms with Crippen LogP contribution in [0.25, 0.3) is 0 Å². The predicted octanol–water partition coefficient (Wildman–Crippen LogP) is 5.12. The van der Waals surface area contributed by atoms with E-state index in [1.54, 1.807) is 12.1 Å². The summed E-state index contributed by atoms with van der Waals surface area (Å²) in [5.41, 5.74) is 6.64. The fraction of sp³-hybridized carbons (Fsp3) is 0.286. The van der Waals surface area contributed by atoms with Gasteiger partial charge in [-0.1, -0.05) is 66.2 Å². The third kappa shape index (κ3) is 5.32. The van der Waals surface area contributed by atoms with Gasteiger partial charge in [0.25, 0.3) is 5.91 Å². The zero-order valence-corrected chi connectivity index (χ0v) is 19.8. The first-order chi connectivity index (χ1) is 15.9. The molecular weight excluding hydrogens is 410 g/mol. The largest absolute Gasteiger partial charge is 0.497 e. The third-order valence-electron chi connectivity index (χ3n) is 6.04. The normalized spacial score (nSPS) is 15.6. The molecule has 0 bridgehead atoms. The van der Waals surface area contributed by atoms with Crippen LogP contribution in [0.2, 0.25) is 0 Å². The summed E-state index contributed by atoms with van der Waals surface area (Å²) >= 11 is 0. The molecule has 0 radical (unpaired) electrons. The molecule has 0 saturated heterocycles. The Bertz CT molecular complexity index is 1160. The number of carbonyl (C=O) groups is 1. The average molecular weight is 442 g/mol. The highest BCUT2D eigenvalue weighted by atomic mass is 16.5. The quantitative estimate of drug-likeness (QED) is 0.511. The molecule has 1 amide bonds. The molecule has 170 valence electrons. The Kier molecular flexibility index (Phi) is 6.90. The van der Waals surface area contributed by atoms with Crippen molar-refractivity contribution >= 4 is 11.6 Å². The second-order valence-electron chi connectivity index (χ2n) is 8.76. The van der Waals surface area contributed by atoms with Gasteiger partial charge in [-0.15, -0.1) is 0 Å². The number of hydrogen-bond donors (Lipinski definition) is 0. The lowest BCUT2D eigenvalue weighted by molar-refractivity contribution is -0.134. The highest BCUT2D eigenvalue weighted by Crippen LogP contribution is 2.35. The van der Waals surface area contributed by atoms with Gasteiger partial charge in [0.05, 0.1) is 25.4 Å². The van der Waals surface area contributed by atoms with Gasteiger partial charge in [-0.3, -0.25) is 9.69 Å². The van der Waals surface area contributed by atoms with Crippen molar-refractivity contribution in [2.75, 3.05) is 20.7 Å². The minimum absolute atomic E-state index is 0.0129. The molecule has 1 heterocycles. The van der Waals surface area contributed by atoms with Gasteiger partial charge in [-0.2, -0.15) is 5.10 Å². The summed E-state index contributed by atoms with van der Waals surface area (Å²) in [5, 5.41) is 6.53. The number of hydrazone groups is 1. The van der Waals surface area contributed by atoms with Gasteiger partial charge < -0.3 is 4.74 Å². The van der Waals surface area contributed by atoms with Crippen molar-refractivity contribution < 1.29 is 9.53 Å². The van der Waals surface area contributed by atoms with Gasteiger partial charge >= 0.3 is 0 Å². The number of ether oxygens (including phenoxy) is 1. The predicted molar refractivity (Wildman–Crippen MR) is 132 cm³/mol. The number of amides is 1. The summed E-state index contributed by atoms with van der Waals surface area (Å²) in [5.74, 6) is 0.766. The smallest absolute Gasteiger partial charge is 0.257 e. The standard InChI is InChI=1S/C28H31N3O2/c1-20-13-14-25(21(2)15-20)26-17-27(23-11-8-12-24(16-23)33-4)31(29-26)28(32)19-30(3)18-22-9-6-5-7-10-22/h5-16,27H,17-19H2,1-4H3/t27-/m1/s1. The number of likely N-dealkylation sites (N-methyl/N-ethyl adjacent to an activating group) is 1. The Hall–Kier alpha value is -3.44. The minimum Gasteiger partial charge on any atom is -0.497 e. The first kappa shape index (κ1) is 22.7. The van der Waals surface area contributed by atoms with E-state index in [1.807, 2.05) is 54.4 Å². The molecule has 5 heteroatoms. The van der Waals surface area contributed by atoms with Crippen LogP contribution in [0.15, 0.2) is 77.9 Å². The molecule has 0 unspecified atom stereocenters. The number of nitrogens with zero attached hydrogens (tertiary/aromatic N) is 3. The summed E-state index contributed by atoms with van der Waals surface area (Å²) in [4.78, 5) is 15.5. The zero-order valence-electron chi connectivity index (χ0n) is 19.8. The van der Waals surface area contributed by atoms with Crippen LogP contribution in [-0.4, -0.2) is 42.2 Å². The van der Waals surface area contributed by atoms with Crippen molar-refractivity contribution in [2.45, 2.75) is 32.9 Å². The zero-order chi connectivity index (χ0) is 23.4. The van der Waals surface area contributed by atoms with E-state index in [9.17, 15) is 4.79 Å². The van der Waals surface area contributed by atoms with Crippen LogP contribution in [0.4, 0.5) is 0 Å². The van der Waals surface area contributed by atoms with Crippen LogP contribution in [-0.2, 0) is 11.3 Å². The first-order valence-corrected chi connectivity index (χ1v) is 11.3.